The number of nitrogens with zero attached hydrogens (tertiary/aromatic N) is 1. The van der Waals surface area contributed by atoms with E-state index in [4.69, 9.17) is 32.7 Å². The maximum Gasteiger partial charge on any atom is 0.363 e. The predicted molar refractivity (Wildman–Crippen MR) is 90.1 cm³/mol. The van der Waals surface area contributed by atoms with Crippen molar-refractivity contribution in [2.75, 3.05) is 7.11 Å². The van der Waals surface area contributed by atoms with Crippen LogP contribution in [0.4, 0.5) is 0 Å². The first-order valence-corrected chi connectivity index (χ1v) is 7.44. The lowest BCUT2D eigenvalue weighted by atomic mass is 10.2. The van der Waals surface area contributed by atoms with Crippen LogP contribution in [0.1, 0.15) is 11.1 Å². The van der Waals surface area contributed by atoms with Crippen molar-refractivity contribution in [2.24, 2.45) is 4.99 Å². The van der Waals surface area contributed by atoms with Crippen molar-refractivity contribution >= 4 is 41.1 Å². The molecule has 2 aromatic rings. The zero-order valence-electron chi connectivity index (χ0n) is 12.0. The predicted octanol–water partition coefficient (Wildman–Crippen LogP) is 4.35. The zero-order chi connectivity index (χ0) is 16.4. The highest BCUT2D eigenvalue weighted by Gasteiger charge is 2.24. The molecule has 0 radical (unpaired) electrons. The molecular formula is C17H11Cl2NO3. The highest BCUT2D eigenvalue weighted by Crippen LogP contribution is 2.25. The van der Waals surface area contributed by atoms with Crippen LogP contribution in [0.25, 0.3) is 6.08 Å². The molecule has 2 aromatic carbocycles. The van der Waals surface area contributed by atoms with Crippen LogP contribution in [-0.4, -0.2) is 19.0 Å². The van der Waals surface area contributed by atoms with Crippen molar-refractivity contribution < 1.29 is 14.3 Å². The Morgan fingerprint density at radius 2 is 1.83 bits per heavy atom. The van der Waals surface area contributed by atoms with Gasteiger partial charge in [0.2, 0.25) is 5.90 Å². The van der Waals surface area contributed by atoms with Crippen LogP contribution in [0.5, 0.6) is 5.75 Å². The molecule has 0 atom stereocenters. The number of methoxy groups -OCH3 is 1. The number of aliphatic imine (C=N–C) groups is 1. The largest absolute Gasteiger partial charge is 0.497 e. The fraction of sp³-hybridized carbons (Fsp3) is 0.0588. The quantitative estimate of drug-likeness (QED) is 0.612. The van der Waals surface area contributed by atoms with E-state index < -0.39 is 5.97 Å². The van der Waals surface area contributed by atoms with Gasteiger partial charge in [0.1, 0.15) is 5.75 Å². The summed E-state index contributed by atoms with van der Waals surface area (Å²) in [5.41, 5.74) is 1.61. The summed E-state index contributed by atoms with van der Waals surface area (Å²) < 4.78 is 10.3. The molecule has 116 valence electrons. The maximum absolute atomic E-state index is 11.9. The maximum atomic E-state index is 11.9. The first-order chi connectivity index (χ1) is 11.1. The fourth-order valence-corrected chi connectivity index (χ4v) is 2.33. The molecule has 23 heavy (non-hydrogen) atoms. The van der Waals surface area contributed by atoms with Gasteiger partial charge in [-0.1, -0.05) is 29.3 Å². The van der Waals surface area contributed by atoms with Crippen molar-refractivity contribution in [1.29, 1.82) is 0 Å². The number of carbonyl (C=O) groups excluding carboxylic acids is 1. The topological polar surface area (TPSA) is 47.9 Å². The van der Waals surface area contributed by atoms with E-state index in [1.165, 1.54) is 0 Å². The number of hydrogen-bond donors (Lipinski definition) is 0. The van der Waals surface area contributed by atoms with E-state index in [-0.39, 0.29) is 11.6 Å². The molecule has 0 fully saturated rings. The van der Waals surface area contributed by atoms with Gasteiger partial charge in [-0.2, -0.15) is 0 Å². The summed E-state index contributed by atoms with van der Waals surface area (Å²) in [6, 6.07) is 12.1. The molecule has 1 aliphatic rings. The minimum Gasteiger partial charge on any atom is -0.497 e. The standard InChI is InChI=1S/C17H11Cl2NO3/c1-22-12-5-3-11(4-6-12)16-20-15(17(21)23-16)9-10-2-7-13(18)14(19)8-10/h2-9H,1H3/b15-9+. The molecule has 0 bridgehead atoms. The number of esters is 1. The number of rotatable bonds is 3. The number of hydrogen-bond acceptors (Lipinski definition) is 4. The van der Waals surface area contributed by atoms with Crippen LogP contribution in [0.15, 0.2) is 53.2 Å². The lowest BCUT2D eigenvalue weighted by Crippen LogP contribution is -2.05. The molecule has 3 rings (SSSR count). The van der Waals surface area contributed by atoms with Crippen LogP contribution in [0, 0.1) is 0 Å². The summed E-state index contributed by atoms with van der Waals surface area (Å²) in [6.07, 6.45) is 1.60. The lowest BCUT2D eigenvalue weighted by molar-refractivity contribution is -0.129. The van der Waals surface area contributed by atoms with Gasteiger partial charge in [0.15, 0.2) is 5.70 Å². The third-order valence-electron chi connectivity index (χ3n) is 3.20. The first kappa shape index (κ1) is 15.6. The van der Waals surface area contributed by atoms with Gasteiger partial charge in [-0.15, -0.1) is 0 Å². The Morgan fingerprint density at radius 3 is 2.48 bits per heavy atom. The highest BCUT2D eigenvalue weighted by atomic mass is 35.5. The van der Waals surface area contributed by atoms with E-state index in [2.05, 4.69) is 4.99 Å². The number of carbonyl (C=O) groups is 1. The van der Waals surface area contributed by atoms with Crippen molar-refractivity contribution in [3.05, 3.63) is 69.3 Å². The molecule has 4 nitrogen and oxygen atoms in total. The number of cyclic esters (lactones) is 1. The normalized spacial score (nSPS) is 15.5. The Labute approximate surface area is 143 Å². The fourth-order valence-electron chi connectivity index (χ4n) is 2.03. The van der Waals surface area contributed by atoms with Crippen LogP contribution >= 0.6 is 23.2 Å². The zero-order valence-corrected chi connectivity index (χ0v) is 13.6. The smallest absolute Gasteiger partial charge is 0.363 e. The van der Waals surface area contributed by atoms with Crippen molar-refractivity contribution in [3.8, 4) is 5.75 Å². The molecule has 0 N–H and O–H groups in total. The minimum absolute atomic E-state index is 0.203. The second kappa shape index (κ2) is 6.44. The molecule has 1 heterocycles. The van der Waals surface area contributed by atoms with Crippen molar-refractivity contribution in [2.45, 2.75) is 0 Å². The Kier molecular flexibility index (Phi) is 4.37. The van der Waals surface area contributed by atoms with E-state index in [1.807, 2.05) is 0 Å². The second-order valence-corrected chi connectivity index (χ2v) is 5.55. The van der Waals surface area contributed by atoms with Gasteiger partial charge in [0.25, 0.3) is 0 Å². The molecule has 0 aromatic heterocycles. The van der Waals surface area contributed by atoms with Gasteiger partial charge in [0.05, 0.1) is 17.2 Å². The summed E-state index contributed by atoms with van der Waals surface area (Å²) in [5.74, 6) is 0.455. The average Bonchev–Trinajstić information content (AvgIpc) is 2.92. The summed E-state index contributed by atoms with van der Waals surface area (Å²) in [6.45, 7) is 0. The monoisotopic (exact) mass is 347 g/mol. The summed E-state index contributed by atoms with van der Waals surface area (Å²) in [7, 11) is 1.58. The van der Waals surface area contributed by atoms with E-state index in [0.717, 1.165) is 0 Å². The van der Waals surface area contributed by atoms with Gasteiger partial charge in [0, 0.05) is 5.56 Å². The van der Waals surface area contributed by atoms with Gasteiger partial charge in [-0.25, -0.2) is 9.79 Å². The third kappa shape index (κ3) is 3.38. The minimum atomic E-state index is -0.512. The Bertz CT molecular complexity index is 826. The highest BCUT2D eigenvalue weighted by molar-refractivity contribution is 6.42. The Hall–Kier alpha value is -2.30. The van der Waals surface area contributed by atoms with E-state index >= 15 is 0 Å². The summed E-state index contributed by atoms with van der Waals surface area (Å²) in [4.78, 5) is 16.2. The van der Waals surface area contributed by atoms with E-state index in [9.17, 15) is 4.79 Å². The van der Waals surface area contributed by atoms with Crippen LogP contribution < -0.4 is 4.74 Å². The molecular weight excluding hydrogens is 337 g/mol. The van der Waals surface area contributed by atoms with Crippen molar-refractivity contribution in [1.82, 2.24) is 0 Å². The first-order valence-electron chi connectivity index (χ1n) is 6.69. The Morgan fingerprint density at radius 1 is 1.09 bits per heavy atom. The van der Waals surface area contributed by atoms with Crippen LogP contribution in [0.2, 0.25) is 10.0 Å². The average molecular weight is 348 g/mol. The van der Waals surface area contributed by atoms with Gasteiger partial charge in [-0.05, 0) is 48.0 Å². The van der Waals surface area contributed by atoms with Gasteiger partial charge < -0.3 is 9.47 Å². The van der Waals surface area contributed by atoms with Gasteiger partial charge >= 0.3 is 5.97 Å². The molecule has 0 unspecified atom stereocenters. The Balaban J connectivity index is 1.90. The number of ether oxygens (including phenoxy) is 2. The molecule has 0 amide bonds. The molecule has 0 spiro atoms. The third-order valence-corrected chi connectivity index (χ3v) is 3.94. The summed E-state index contributed by atoms with van der Waals surface area (Å²) in [5, 5.41) is 0.858. The molecule has 0 saturated heterocycles. The van der Waals surface area contributed by atoms with Gasteiger partial charge in [-0.3, -0.25) is 0 Å². The molecule has 6 heteroatoms. The van der Waals surface area contributed by atoms with Crippen LogP contribution in [-0.2, 0) is 9.53 Å². The lowest BCUT2D eigenvalue weighted by Gasteiger charge is -2.01. The molecule has 0 saturated carbocycles. The second-order valence-electron chi connectivity index (χ2n) is 4.74. The number of benzene rings is 2. The molecule has 1 aliphatic heterocycles. The van der Waals surface area contributed by atoms with Crippen molar-refractivity contribution in [3.63, 3.8) is 0 Å². The molecule has 0 aliphatic carbocycles. The van der Waals surface area contributed by atoms with E-state index in [1.54, 1.807) is 55.7 Å². The number of halogens is 2. The summed E-state index contributed by atoms with van der Waals surface area (Å²) >= 11 is 11.8. The van der Waals surface area contributed by atoms with Crippen LogP contribution in [0.3, 0.4) is 0 Å². The van der Waals surface area contributed by atoms with E-state index in [0.29, 0.717) is 26.9 Å². The SMILES string of the molecule is COc1ccc(C2=N/C(=C/c3ccc(Cl)c(Cl)c3)C(=O)O2)cc1.